The van der Waals surface area contributed by atoms with Crippen LogP contribution in [0, 0.1) is 10.1 Å². The predicted molar refractivity (Wildman–Crippen MR) is 106 cm³/mol. The first-order chi connectivity index (χ1) is 14.7. The number of anilines is 1. The summed E-state index contributed by atoms with van der Waals surface area (Å²) in [4.78, 5) is 46.7. The number of nitro benzene ring substituents is 1. The maximum atomic E-state index is 12.8. The van der Waals surface area contributed by atoms with Crippen LogP contribution in [0.15, 0.2) is 36.4 Å². The lowest BCUT2D eigenvalue weighted by atomic mass is 10.2. The van der Waals surface area contributed by atoms with E-state index in [2.05, 4.69) is 0 Å². The fourth-order valence-corrected chi connectivity index (χ4v) is 2.92. The zero-order valence-corrected chi connectivity index (χ0v) is 17.5. The van der Waals surface area contributed by atoms with Crippen LogP contribution in [0.4, 0.5) is 24.5 Å². The molecule has 3 amide bonds. The van der Waals surface area contributed by atoms with Gasteiger partial charge < -0.3 is 4.74 Å². The van der Waals surface area contributed by atoms with Gasteiger partial charge in [-0.25, -0.2) is 5.01 Å². The smallest absolute Gasteiger partial charge is 0.416 e. The highest BCUT2D eigenvalue weighted by Gasteiger charge is 2.33. The first-order valence-corrected chi connectivity index (χ1v) is 9.06. The summed E-state index contributed by atoms with van der Waals surface area (Å²) in [5.41, 5.74) is -2.13. The highest BCUT2D eigenvalue weighted by atomic mass is 35.5. The second-order valence-electron chi connectivity index (χ2n) is 6.33. The monoisotopic (exact) mass is 473 g/mol. The van der Waals surface area contributed by atoms with Crippen LogP contribution >= 0.6 is 11.6 Å². The first-order valence-electron chi connectivity index (χ1n) is 8.69. The number of nitrogens with zero attached hydrogens (tertiary/aromatic N) is 3. The molecule has 0 saturated heterocycles. The summed E-state index contributed by atoms with van der Waals surface area (Å²) < 4.78 is 43.9. The van der Waals surface area contributed by atoms with Gasteiger partial charge in [0.1, 0.15) is 17.2 Å². The van der Waals surface area contributed by atoms with Gasteiger partial charge in [-0.05, 0) is 24.3 Å². The summed E-state index contributed by atoms with van der Waals surface area (Å²) in [6.45, 7) is 2.93. The van der Waals surface area contributed by atoms with E-state index >= 15 is 0 Å². The van der Waals surface area contributed by atoms with E-state index in [1.54, 1.807) is 0 Å². The number of amides is 3. The molecule has 0 bridgehead atoms. The molecule has 2 aromatic rings. The molecule has 32 heavy (non-hydrogen) atoms. The molecule has 0 aliphatic carbocycles. The number of ether oxygens (including phenoxy) is 1. The number of carbonyl (C=O) groups is 3. The Labute approximate surface area is 184 Å². The van der Waals surface area contributed by atoms with Crippen molar-refractivity contribution in [1.29, 1.82) is 0 Å². The molecule has 0 saturated carbocycles. The van der Waals surface area contributed by atoms with Gasteiger partial charge in [-0.1, -0.05) is 11.6 Å². The molecule has 0 radical (unpaired) electrons. The third kappa shape index (κ3) is 5.32. The highest BCUT2D eigenvalue weighted by Crippen LogP contribution is 2.39. The lowest BCUT2D eigenvalue weighted by Crippen LogP contribution is -2.51. The van der Waals surface area contributed by atoms with Gasteiger partial charge in [0.05, 0.1) is 15.5 Å². The zero-order valence-electron chi connectivity index (χ0n) is 16.8. The van der Waals surface area contributed by atoms with Crippen molar-refractivity contribution in [3.63, 3.8) is 0 Å². The van der Waals surface area contributed by atoms with Crippen molar-refractivity contribution < 1.29 is 37.2 Å². The molecular formula is C19H15ClF3N3O6. The maximum Gasteiger partial charge on any atom is 0.416 e. The molecule has 2 rings (SSSR count). The number of carbonyl (C=O) groups excluding carboxylic acids is 3. The Hall–Kier alpha value is -3.67. The molecule has 0 aliphatic rings. The van der Waals surface area contributed by atoms with E-state index in [-0.39, 0.29) is 11.5 Å². The highest BCUT2D eigenvalue weighted by molar-refractivity contribution is 6.32. The number of imide groups is 1. The van der Waals surface area contributed by atoms with Crippen LogP contribution in [0.5, 0.6) is 11.5 Å². The number of nitro groups is 1. The Morgan fingerprint density at radius 1 is 1.00 bits per heavy atom. The van der Waals surface area contributed by atoms with Gasteiger partial charge >= 0.3 is 6.18 Å². The zero-order chi connectivity index (χ0) is 24.4. The molecule has 9 nitrogen and oxygen atoms in total. The topological polar surface area (TPSA) is 110 Å². The average molecular weight is 474 g/mol. The van der Waals surface area contributed by atoms with Crippen molar-refractivity contribution in [3.05, 3.63) is 57.1 Å². The van der Waals surface area contributed by atoms with Crippen molar-refractivity contribution >= 4 is 40.7 Å². The maximum absolute atomic E-state index is 12.8. The second-order valence-corrected chi connectivity index (χ2v) is 6.74. The van der Waals surface area contributed by atoms with Crippen LogP contribution in [0.3, 0.4) is 0 Å². The standard InChI is InChI=1S/C19H15ClF3N3O6/c1-10(27)24(11(2)28)25(12(3)29)17-9-14(5-6-16(17)26(30)31)32-18-7-4-13(8-15(18)20)19(21,22)23/h4-9H,1-3H3. The van der Waals surface area contributed by atoms with E-state index in [0.717, 1.165) is 51.1 Å². The molecular weight excluding hydrogens is 459 g/mol. The fourth-order valence-electron chi connectivity index (χ4n) is 2.70. The van der Waals surface area contributed by atoms with Crippen LogP contribution < -0.4 is 9.75 Å². The van der Waals surface area contributed by atoms with Crippen molar-refractivity contribution in [3.8, 4) is 11.5 Å². The second kappa shape index (κ2) is 9.22. The van der Waals surface area contributed by atoms with E-state index in [1.165, 1.54) is 0 Å². The van der Waals surface area contributed by atoms with Crippen molar-refractivity contribution in [1.82, 2.24) is 5.01 Å². The van der Waals surface area contributed by atoms with Crippen LogP contribution in [0.25, 0.3) is 0 Å². The number of halogens is 4. The van der Waals surface area contributed by atoms with Gasteiger partial charge in [-0.3, -0.25) is 24.5 Å². The predicted octanol–water partition coefficient (Wildman–Crippen LogP) is 4.72. The number of rotatable bonds is 4. The third-order valence-electron chi connectivity index (χ3n) is 3.95. The Balaban J connectivity index is 2.59. The largest absolute Gasteiger partial charge is 0.456 e. The van der Waals surface area contributed by atoms with Crippen LogP contribution in [-0.4, -0.2) is 27.7 Å². The van der Waals surface area contributed by atoms with E-state index in [1.807, 2.05) is 0 Å². The van der Waals surface area contributed by atoms with Gasteiger partial charge in [0.15, 0.2) is 0 Å². The molecule has 2 aromatic carbocycles. The molecule has 0 spiro atoms. The number of alkyl halides is 3. The number of hydrazine groups is 1. The van der Waals surface area contributed by atoms with Crippen molar-refractivity contribution in [2.75, 3.05) is 5.01 Å². The van der Waals surface area contributed by atoms with Crippen molar-refractivity contribution in [2.24, 2.45) is 0 Å². The minimum absolute atomic E-state index is 0.162. The number of benzene rings is 2. The van der Waals surface area contributed by atoms with E-state index in [9.17, 15) is 37.7 Å². The van der Waals surface area contributed by atoms with Crippen LogP contribution in [0.2, 0.25) is 5.02 Å². The minimum Gasteiger partial charge on any atom is -0.456 e. The van der Waals surface area contributed by atoms with Gasteiger partial charge in [-0.15, -0.1) is 0 Å². The number of hydrogen-bond acceptors (Lipinski definition) is 6. The summed E-state index contributed by atoms with van der Waals surface area (Å²) in [5.74, 6) is -3.05. The van der Waals surface area contributed by atoms with Crippen LogP contribution in [-0.2, 0) is 20.6 Å². The summed E-state index contributed by atoms with van der Waals surface area (Å²) in [7, 11) is 0. The lowest BCUT2D eigenvalue weighted by molar-refractivity contribution is -0.384. The summed E-state index contributed by atoms with van der Waals surface area (Å²) in [6, 6.07) is 5.34. The fraction of sp³-hybridized carbons (Fsp3) is 0.211. The minimum atomic E-state index is -4.63. The summed E-state index contributed by atoms with van der Waals surface area (Å²) in [5, 5.41) is 12.0. The molecule has 0 atom stereocenters. The van der Waals surface area contributed by atoms with Crippen LogP contribution in [0.1, 0.15) is 26.3 Å². The summed E-state index contributed by atoms with van der Waals surface area (Å²) >= 11 is 5.86. The van der Waals surface area contributed by atoms with E-state index in [4.69, 9.17) is 16.3 Å². The quantitative estimate of drug-likeness (QED) is 0.469. The molecule has 170 valence electrons. The summed E-state index contributed by atoms with van der Waals surface area (Å²) in [6.07, 6.45) is -4.63. The molecule has 13 heteroatoms. The Bertz CT molecular complexity index is 1090. The SMILES string of the molecule is CC(=O)N(C(C)=O)N(C(C)=O)c1cc(Oc2ccc(C(F)(F)F)cc2Cl)ccc1[N+](=O)[O-]. The normalized spacial score (nSPS) is 11.0. The molecule has 0 N–H and O–H groups in total. The number of hydrogen-bond donors (Lipinski definition) is 0. The van der Waals surface area contributed by atoms with Gasteiger partial charge in [-0.2, -0.15) is 18.2 Å². The van der Waals surface area contributed by atoms with Gasteiger partial charge in [0, 0.05) is 32.9 Å². The van der Waals surface area contributed by atoms with Gasteiger partial charge in [0.2, 0.25) is 17.7 Å². The van der Waals surface area contributed by atoms with E-state index in [0.29, 0.717) is 16.1 Å². The molecule has 0 fully saturated rings. The van der Waals surface area contributed by atoms with Crippen molar-refractivity contribution in [2.45, 2.75) is 26.9 Å². The van der Waals surface area contributed by atoms with E-state index < -0.39 is 50.8 Å². The first kappa shape index (κ1) is 24.6. The Morgan fingerprint density at radius 3 is 2.03 bits per heavy atom. The molecule has 0 heterocycles. The lowest BCUT2D eigenvalue weighted by Gasteiger charge is -2.30. The van der Waals surface area contributed by atoms with Gasteiger partial charge in [0.25, 0.3) is 5.69 Å². The molecule has 0 aliphatic heterocycles. The molecule has 0 aromatic heterocycles. The third-order valence-corrected chi connectivity index (χ3v) is 4.25. The Kier molecular flexibility index (Phi) is 7.09. The Morgan fingerprint density at radius 2 is 1.59 bits per heavy atom. The average Bonchev–Trinajstić information content (AvgIpc) is 2.65. The molecule has 0 unspecified atom stereocenters.